The molecule has 194 valence electrons. The molecule has 0 radical (unpaired) electrons. The highest BCUT2D eigenvalue weighted by atomic mass is 32.1. The van der Waals surface area contributed by atoms with E-state index < -0.39 is 0 Å². The third-order valence-corrected chi connectivity index (χ3v) is 8.51. The fourth-order valence-corrected chi connectivity index (χ4v) is 6.23. The summed E-state index contributed by atoms with van der Waals surface area (Å²) < 4.78 is 5.45. The summed E-state index contributed by atoms with van der Waals surface area (Å²) in [6, 6.07) is 26.7. The first-order chi connectivity index (χ1) is 19.0. The number of nitrogen functional groups attached to an aromatic ring is 1. The number of hydrogen-bond acceptors (Lipinski definition) is 8. The van der Waals surface area contributed by atoms with Crippen LogP contribution in [0.4, 0.5) is 16.6 Å². The lowest BCUT2D eigenvalue weighted by Crippen LogP contribution is -1.93. The summed E-state index contributed by atoms with van der Waals surface area (Å²) in [6.45, 7) is 4.37. The van der Waals surface area contributed by atoms with Crippen molar-refractivity contribution in [1.82, 2.24) is 15.0 Å². The Labute approximate surface area is 235 Å². The molecular weight excluding hydrogens is 523 g/mol. The van der Waals surface area contributed by atoms with E-state index in [0.717, 1.165) is 59.9 Å². The van der Waals surface area contributed by atoms with Crippen LogP contribution in [0.1, 0.15) is 25.3 Å². The summed E-state index contributed by atoms with van der Waals surface area (Å²) >= 11 is 3.06. The number of rotatable bonds is 7. The number of thiazole rings is 2. The van der Waals surface area contributed by atoms with Crippen molar-refractivity contribution in [3.05, 3.63) is 89.8 Å². The molecule has 0 aliphatic heterocycles. The van der Waals surface area contributed by atoms with E-state index in [2.05, 4.69) is 72.0 Å². The van der Waals surface area contributed by atoms with Gasteiger partial charge >= 0.3 is 0 Å². The van der Waals surface area contributed by atoms with Gasteiger partial charge in [-0.25, -0.2) is 15.0 Å². The number of benzene rings is 3. The van der Waals surface area contributed by atoms with Gasteiger partial charge in [0.15, 0.2) is 5.13 Å². The standard InChI is InChI=1S/C31H27N5OS2/c1-18(2)19-9-11-22(12-10-19)33-31-36-29(32)28(39-31)30-35-26(17-38-30)24-16-21-15-23(37-3)13-14-25(21)34-27(24)20-7-5-4-6-8-20/h4-18H,32H2,1-3H3,(H,33,36). The second-order valence-corrected chi connectivity index (χ2v) is 11.3. The zero-order chi connectivity index (χ0) is 26.9. The Morgan fingerprint density at radius 1 is 0.897 bits per heavy atom. The molecule has 3 aromatic heterocycles. The summed E-state index contributed by atoms with van der Waals surface area (Å²) in [4.78, 5) is 15.5. The van der Waals surface area contributed by atoms with Crippen molar-refractivity contribution in [3.63, 3.8) is 0 Å². The smallest absolute Gasteiger partial charge is 0.189 e. The highest BCUT2D eigenvalue weighted by Gasteiger charge is 2.18. The molecule has 0 spiro atoms. The molecule has 0 aliphatic rings. The van der Waals surface area contributed by atoms with Crippen molar-refractivity contribution in [1.29, 1.82) is 0 Å². The molecule has 0 atom stereocenters. The van der Waals surface area contributed by atoms with Gasteiger partial charge in [-0.1, -0.05) is 67.6 Å². The van der Waals surface area contributed by atoms with Gasteiger partial charge < -0.3 is 15.8 Å². The molecule has 3 heterocycles. The number of hydrogen-bond donors (Lipinski definition) is 2. The molecular formula is C31H27N5OS2. The predicted molar refractivity (Wildman–Crippen MR) is 164 cm³/mol. The Morgan fingerprint density at radius 2 is 1.69 bits per heavy atom. The van der Waals surface area contributed by atoms with Crippen LogP contribution in [0.15, 0.2) is 84.2 Å². The Morgan fingerprint density at radius 3 is 2.44 bits per heavy atom. The number of pyridine rings is 1. The van der Waals surface area contributed by atoms with Crippen molar-refractivity contribution in [2.24, 2.45) is 0 Å². The molecule has 39 heavy (non-hydrogen) atoms. The highest BCUT2D eigenvalue weighted by Crippen LogP contribution is 2.41. The maximum Gasteiger partial charge on any atom is 0.189 e. The van der Waals surface area contributed by atoms with Gasteiger partial charge in [0, 0.05) is 27.6 Å². The molecule has 6 nitrogen and oxygen atoms in total. The van der Waals surface area contributed by atoms with E-state index in [1.165, 1.54) is 16.9 Å². The number of anilines is 3. The average Bonchev–Trinajstić information content (AvgIpc) is 3.59. The van der Waals surface area contributed by atoms with Crippen LogP contribution < -0.4 is 15.8 Å². The molecule has 0 amide bonds. The molecule has 8 heteroatoms. The minimum Gasteiger partial charge on any atom is -0.497 e. The molecule has 0 bridgehead atoms. The highest BCUT2D eigenvalue weighted by molar-refractivity contribution is 7.23. The number of nitrogens with zero attached hydrogens (tertiary/aromatic N) is 3. The number of nitrogens with one attached hydrogen (secondary N) is 1. The Hall–Kier alpha value is -4.27. The topological polar surface area (TPSA) is 86.0 Å². The fourth-order valence-electron chi connectivity index (χ4n) is 4.41. The summed E-state index contributed by atoms with van der Waals surface area (Å²) in [7, 11) is 1.67. The average molecular weight is 550 g/mol. The minimum atomic E-state index is 0.465. The Bertz CT molecular complexity index is 1760. The molecule has 3 aromatic carbocycles. The lowest BCUT2D eigenvalue weighted by atomic mass is 10.0. The van der Waals surface area contributed by atoms with Gasteiger partial charge in [-0.15, -0.1) is 11.3 Å². The van der Waals surface area contributed by atoms with Gasteiger partial charge in [-0.3, -0.25) is 0 Å². The number of ether oxygens (including phenoxy) is 1. The largest absolute Gasteiger partial charge is 0.497 e. The van der Waals surface area contributed by atoms with Crippen molar-refractivity contribution in [3.8, 4) is 38.1 Å². The zero-order valence-electron chi connectivity index (χ0n) is 21.8. The van der Waals surface area contributed by atoms with Crippen molar-refractivity contribution in [2.75, 3.05) is 18.2 Å². The molecule has 3 N–H and O–H groups in total. The van der Waals surface area contributed by atoms with Crippen LogP contribution in [0.3, 0.4) is 0 Å². The molecule has 0 saturated carbocycles. The molecule has 0 saturated heterocycles. The molecule has 0 aliphatic carbocycles. The first-order valence-corrected chi connectivity index (χ1v) is 14.3. The second-order valence-electron chi connectivity index (χ2n) is 9.48. The van der Waals surface area contributed by atoms with Gasteiger partial charge in [0.25, 0.3) is 0 Å². The van der Waals surface area contributed by atoms with E-state index in [4.69, 9.17) is 20.4 Å². The first-order valence-electron chi connectivity index (χ1n) is 12.6. The van der Waals surface area contributed by atoms with Crippen LogP contribution in [0, 0.1) is 0 Å². The monoisotopic (exact) mass is 549 g/mol. The van der Waals surface area contributed by atoms with Crippen LogP contribution in [0.5, 0.6) is 5.75 Å². The van der Waals surface area contributed by atoms with Gasteiger partial charge in [0.05, 0.1) is 24.0 Å². The quantitative estimate of drug-likeness (QED) is 0.207. The maximum absolute atomic E-state index is 6.37. The predicted octanol–water partition coefficient (Wildman–Crippen LogP) is 8.61. The summed E-state index contributed by atoms with van der Waals surface area (Å²) in [6.07, 6.45) is 0. The molecule has 6 aromatic rings. The van der Waals surface area contributed by atoms with E-state index in [9.17, 15) is 0 Å². The minimum absolute atomic E-state index is 0.465. The van der Waals surface area contributed by atoms with Crippen LogP contribution in [0.2, 0.25) is 0 Å². The number of nitrogens with two attached hydrogens (primary N) is 1. The van der Waals surface area contributed by atoms with Gasteiger partial charge in [0.1, 0.15) is 21.5 Å². The Kier molecular flexibility index (Phi) is 6.72. The van der Waals surface area contributed by atoms with E-state index in [0.29, 0.717) is 11.7 Å². The van der Waals surface area contributed by atoms with Crippen LogP contribution in [-0.4, -0.2) is 22.1 Å². The van der Waals surface area contributed by atoms with Gasteiger partial charge in [-0.05, 0) is 47.9 Å². The second kappa shape index (κ2) is 10.5. The third-order valence-electron chi connectivity index (χ3n) is 6.53. The third kappa shape index (κ3) is 5.08. The van der Waals surface area contributed by atoms with E-state index in [1.54, 1.807) is 18.4 Å². The fraction of sp³-hybridized carbons (Fsp3) is 0.129. The van der Waals surface area contributed by atoms with Gasteiger partial charge in [-0.2, -0.15) is 0 Å². The van der Waals surface area contributed by atoms with Crippen LogP contribution in [0.25, 0.3) is 43.3 Å². The molecule has 0 unspecified atom stereocenters. The van der Waals surface area contributed by atoms with Crippen molar-refractivity contribution < 1.29 is 4.74 Å². The van der Waals surface area contributed by atoms with E-state index in [-0.39, 0.29) is 0 Å². The van der Waals surface area contributed by atoms with Gasteiger partial charge in [0.2, 0.25) is 0 Å². The molecule has 0 fully saturated rings. The Balaban J connectivity index is 1.36. The lowest BCUT2D eigenvalue weighted by Gasteiger charge is -2.10. The van der Waals surface area contributed by atoms with E-state index >= 15 is 0 Å². The van der Waals surface area contributed by atoms with Crippen LogP contribution in [-0.2, 0) is 0 Å². The summed E-state index contributed by atoms with van der Waals surface area (Å²) in [5.74, 6) is 1.74. The lowest BCUT2D eigenvalue weighted by molar-refractivity contribution is 0.415. The van der Waals surface area contributed by atoms with Crippen molar-refractivity contribution >= 4 is 50.2 Å². The number of methoxy groups -OCH3 is 1. The SMILES string of the molecule is COc1ccc2nc(-c3ccccc3)c(-c3csc(-c4sc(Nc5ccc(C(C)C)cc5)nc4N)n3)cc2c1. The number of fused-ring (bicyclic) bond motifs is 1. The van der Waals surface area contributed by atoms with Crippen LogP contribution >= 0.6 is 22.7 Å². The summed E-state index contributed by atoms with van der Waals surface area (Å²) in [5.41, 5.74) is 13.3. The normalized spacial score (nSPS) is 11.3. The summed E-state index contributed by atoms with van der Waals surface area (Å²) in [5, 5.41) is 8.00. The molecule has 6 rings (SSSR count). The number of aromatic nitrogens is 3. The van der Waals surface area contributed by atoms with Crippen molar-refractivity contribution in [2.45, 2.75) is 19.8 Å². The van der Waals surface area contributed by atoms with E-state index in [1.807, 2.05) is 36.4 Å². The first kappa shape index (κ1) is 25.0. The zero-order valence-corrected chi connectivity index (χ0v) is 23.4. The maximum atomic E-state index is 6.37.